The summed E-state index contributed by atoms with van der Waals surface area (Å²) in [4.78, 5) is 1.93. The van der Waals surface area contributed by atoms with Crippen molar-refractivity contribution in [3.8, 4) is 0 Å². The van der Waals surface area contributed by atoms with Gasteiger partial charge in [-0.1, -0.05) is 19.1 Å². The second kappa shape index (κ2) is 3.04. The molecule has 0 fully saturated rings. The minimum atomic E-state index is -0.331. The highest BCUT2D eigenvalue weighted by molar-refractivity contribution is 5.59. The van der Waals surface area contributed by atoms with E-state index in [0.29, 0.717) is 0 Å². The second-order valence-electron chi connectivity index (χ2n) is 3.61. The largest absolute Gasteiger partial charge is 0.373 e. The predicted octanol–water partition coefficient (Wildman–Crippen LogP) is 1.56. The van der Waals surface area contributed by atoms with Gasteiger partial charge in [0.05, 0.1) is 0 Å². The summed E-state index contributed by atoms with van der Waals surface area (Å²) in [5.74, 6) is 0. The summed E-state index contributed by atoms with van der Waals surface area (Å²) in [6.07, 6.45) is 1.49. The first-order valence-corrected chi connectivity index (χ1v) is 4.75. The highest BCUT2D eigenvalue weighted by Crippen LogP contribution is 2.30. The Balaban J connectivity index is 2.40. The number of aryl methyl sites for hydroxylation is 1. The van der Waals surface area contributed by atoms with Gasteiger partial charge in [-0.05, 0) is 23.6 Å². The van der Waals surface area contributed by atoms with Crippen molar-refractivity contribution in [1.82, 2.24) is 0 Å². The quantitative estimate of drug-likeness (QED) is 0.703. The molecule has 2 nitrogen and oxygen atoms in total. The van der Waals surface area contributed by atoms with Crippen LogP contribution in [-0.2, 0) is 12.8 Å². The Labute approximate surface area is 78.8 Å². The summed E-state index contributed by atoms with van der Waals surface area (Å²) in [6, 6.07) is 6.43. The van der Waals surface area contributed by atoms with Crippen LogP contribution in [-0.4, -0.2) is 18.4 Å². The van der Waals surface area contributed by atoms with E-state index in [2.05, 4.69) is 25.1 Å². The zero-order valence-corrected chi connectivity index (χ0v) is 8.12. The monoisotopic (exact) mass is 177 g/mol. The van der Waals surface area contributed by atoms with E-state index >= 15 is 0 Å². The van der Waals surface area contributed by atoms with E-state index in [1.165, 1.54) is 16.8 Å². The highest BCUT2D eigenvalue weighted by atomic mass is 16.3. The number of hydrogen-bond donors (Lipinski definition) is 1. The first kappa shape index (κ1) is 8.57. The van der Waals surface area contributed by atoms with Crippen LogP contribution in [0.1, 0.15) is 18.1 Å². The average Bonchev–Trinajstić information content (AvgIpc) is 2.42. The zero-order chi connectivity index (χ0) is 9.42. The van der Waals surface area contributed by atoms with Crippen LogP contribution in [0.5, 0.6) is 0 Å². The summed E-state index contributed by atoms with van der Waals surface area (Å²) in [5, 5.41) is 9.61. The molecule has 1 N–H and O–H groups in total. The molecular formula is C11H15NO. The molecule has 1 atom stereocenters. The van der Waals surface area contributed by atoms with E-state index in [4.69, 9.17) is 0 Å². The smallest absolute Gasteiger partial charge is 0.130 e. The Morgan fingerprint density at radius 1 is 1.54 bits per heavy atom. The molecule has 0 aromatic heterocycles. The Hall–Kier alpha value is -1.02. The van der Waals surface area contributed by atoms with Crippen molar-refractivity contribution >= 4 is 5.69 Å². The van der Waals surface area contributed by atoms with Crippen LogP contribution < -0.4 is 4.90 Å². The van der Waals surface area contributed by atoms with E-state index in [-0.39, 0.29) is 6.23 Å². The molecule has 1 heterocycles. The van der Waals surface area contributed by atoms with Gasteiger partial charge in [-0.3, -0.25) is 0 Å². The third-order valence-corrected chi connectivity index (χ3v) is 2.78. The summed E-state index contributed by atoms with van der Waals surface area (Å²) in [7, 11) is 1.93. The number of likely N-dealkylation sites (N-methyl/N-ethyl adjacent to an activating group) is 1. The van der Waals surface area contributed by atoms with E-state index in [9.17, 15) is 5.11 Å². The van der Waals surface area contributed by atoms with Crippen molar-refractivity contribution in [3.05, 3.63) is 29.3 Å². The number of nitrogens with zero attached hydrogens (tertiary/aromatic N) is 1. The maximum atomic E-state index is 9.61. The third-order valence-electron chi connectivity index (χ3n) is 2.78. The first-order chi connectivity index (χ1) is 6.22. The number of fused-ring (bicyclic) bond motifs is 1. The van der Waals surface area contributed by atoms with Crippen LogP contribution in [0.3, 0.4) is 0 Å². The molecule has 2 rings (SSSR count). The average molecular weight is 177 g/mol. The van der Waals surface area contributed by atoms with Gasteiger partial charge < -0.3 is 10.0 Å². The number of benzene rings is 1. The van der Waals surface area contributed by atoms with E-state index in [0.717, 1.165) is 12.8 Å². The summed E-state index contributed by atoms with van der Waals surface area (Å²) >= 11 is 0. The van der Waals surface area contributed by atoms with E-state index in [1.54, 1.807) is 0 Å². The van der Waals surface area contributed by atoms with Crippen molar-refractivity contribution < 1.29 is 5.11 Å². The molecule has 13 heavy (non-hydrogen) atoms. The number of rotatable bonds is 1. The number of aliphatic hydroxyl groups is 1. The summed E-state index contributed by atoms with van der Waals surface area (Å²) in [5.41, 5.74) is 3.79. The zero-order valence-electron chi connectivity index (χ0n) is 8.12. The molecule has 0 spiro atoms. The molecule has 2 heteroatoms. The van der Waals surface area contributed by atoms with Gasteiger partial charge in [-0.15, -0.1) is 0 Å². The maximum absolute atomic E-state index is 9.61. The number of hydrogen-bond acceptors (Lipinski definition) is 2. The lowest BCUT2D eigenvalue weighted by Gasteiger charge is -2.16. The van der Waals surface area contributed by atoms with Crippen LogP contribution in [0.15, 0.2) is 18.2 Å². The molecule has 1 aliphatic heterocycles. The topological polar surface area (TPSA) is 23.5 Å². The molecule has 0 saturated heterocycles. The standard InChI is InChI=1S/C11H15NO/c1-3-8-4-5-10-9(6-8)7-11(13)12(10)2/h4-6,11,13H,3,7H2,1-2H3. The Morgan fingerprint density at radius 2 is 2.31 bits per heavy atom. The maximum Gasteiger partial charge on any atom is 0.130 e. The van der Waals surface area contributed by atoms with Crippen LogP contribution in [0, 0.1) is 0 Å². The third kappa shape index (κ3) is 1.31. The van der Waals surface area contributed by atoms with Gasteiger partial charge in [-0.2, -0.15) is 0 Å². The van der Waals surface area contributed by atoms with E-state index in [1.807, 2.05) is 11.9 Å². The lowest BCUT2D eigenvalue weighted by Crippen LogP contribution is -2.26. The fraction of sp³-hybridized carbons (Fsp3) is 0.455. The Morgan fingerprint density at radius 3 is 3.00 bits per heavy atom. The molecule has 0 bridgehead atoms. The molecule has 1 aromatic carbocycles. The van der Waals surface area contributed by atoms with Crippen molar-refractivity contribution in [1.29, 1.82) is 0 Å². The minimum absolute atomic E-state index is 0.331. The lowest BCUT2D eigenvalue weighted by atomic mass is 10.1. The van der Waals surface area contributed by atoms with Crippen LogP contribution in [0.25, 0.3) is 0 Å². The molecule has 1 aromatic rings. The van der Waals surface area contributed by atoms with Gasteiger partial charge >= 0.3 is 0 Å². The van der Waals surface area contributed by atoms with Gasteiger partial charge in [0.2, 0.25) is 0 Å². The van der Waals surface area contributed by atoms with Crippen molar-refractivity contribution in [3.63, 3.8) is 0 Å². The van der Waals surface area contributed by atoms with Gasteiger partial charge in [-0.25, -0.2) is 0 Å². The molecule has 1 aliphatic rings. The first-order valence-electron chi connectivity index (χ1n) is 4.75. The lowest BCUT2D eigenvalue weighted by molar-refractivity contribution is 0.185. The molecule has 0 aliphatic carbocycles. The van der Waals surface area contributed by atoms with Crippen molar-refractivity contribution in [2.75, 3.05) is 11.9 Å². The highest BCUT2D eigenvalue weighted by Gasteiger charge is 2.23. The molecule has 70 valence electrons. The minimum Gasteiger partial charge on any atom is -0.373 e. The second-order valence-corrected chi connectivity index (χ2v) is 3.61. The number of aliphatic hydroxyl groups excluding tert-OH is 1. The van der Waals surface area contributed by atoms with E-state index < -0.39 is 0 Å². The van der Waals surface area contributed by atoms with Crippen molar-refractivity contribution in [2.45, 2.75) is 26.0 Å². The fourth-order valence-corrected chi connectivity index (χ4v) is 1.86. The fourth-order valence-electron chi connectivity index (χ4n) is 1.86. The molecule has 1 unspecified atom stereocenters. The molecule has 0 radical (unpaired) electrons. The molecular weight excluding hydrogens is 162 g/mol. The normalized spacial score (nSPS) is 20.5. The number of anilines is 1. The summed E-state index contributed by atoms with van der Waals surface area (Å²) in [6.45, 7) is 2.15. The predicted molar refractivity (Wildman–Crippen MR) is 53.9 cm³/mol. The van der Waals surface area contributed by atoms with Crippen LogP contribution in [0.2, 0.25) is 0 Å². The molecule has 0 amide bonds. The Kier molecular flexibility index (Phi) is 2.00. The Bertz CT molecular complexity index is 322. The van der Waals surface area contributed by atoms with Crippen molar-refractivity contribution in [2.24, 2.45) is 0 Å². The van der Waals surface area contributed by atoms with Gasteiger partial charge in [0.1, 0.15) is 6.23 Å². The molecule has 0 saturated carbocycles. The van der Waals surface area contributed by atoms with Gasteiger partial charge in [0.15, 0.2) is 0 Å². The van der Waals surface area contributed by atoms with Gasteiger partial charge in [0, 0.05) is 19.2 Å². The summed E-state index contributed by atoms with van der Waals surface area (Å²) < 4.78 is 0. The SMILES string of the molecule is CCc1ccc2c(c1)CC(O)N2C. The van der Waals surface area contributed by atoms with Gasteiger partial charge in [0.25, 0.3) is 0 Å². The van der Waals surface area contributed by atoms with Crippen LogP contribution >= 0.6 is 0 Å². The van der Waals surface area contributed by atoms with Crippen LogP contribution in [0.4, 0.5) is 5.69 Å².